The summed E-state index contributed by atoms with van der Waals surface area (Å²) in [6, 6.07) is 78.4. The van der Waals surface area contributed by atoms with Gasteiger partial charge in [0, 0.05) is 61.6 Å². The summed E-state index contributed by atoms with van der Waals surface area (Å²) in [5.41, 5.74) is 22.7. The monoisotopic (exact) mass is 1230 g/mol. The molecule has 95 heavy (non-hydrogen) atoms. The van der Waals surface area contributed by atoms with Gasteiger partial charge in [-0.15, -0.1) is 0 Å². The second-order valence-electron chi connectivity index (χ2n) is 34.0. The lowest BCUT2D eigenvalue weighted by molar-refractivity contribution is 0.568. The Morgan fingerprint density at radius 3 is 0.947 bits per heavy atom. The highest BCUT2D eigenvalue weighted by molar-refractivity contribution is 7.01. The Bertz CT molecular complexity index is 5040. The van der Waals surface area contributed by atoms with Crippen LogP contribution in [0.5, 0.6) is 0 Å². The fraction of sp³-hybridized carbons (Fsp3) is 0.267. The van der Waals surface area contributed by atoms with Crippen molar-refractivity contribution in [2.75, 3.05) is 9.80 Å². The van der Waals surface area contributed by atoms with Gasteiger partial charge in [-0.2, -0.15) is 0 Å². The molecule has 0 N–H and O–H groups in total. The number of hydrogen-bond donors (Lipinski definition) is 0. The quantitative estimate of drug-likeness (QED) is 0.127. The molecule has 0 saturated carbocycles. The lowest BCUT2D eigenvalue weighted by Crippen LogP contribution is -2.61. The molecule has 0 fully saturated rings. The minimum atomic E-state index is -0.187. The van der Waals surface area contributed by atoms with E-state index in [1.54, 1.807) is 0 Å². The molecular weight excluding hydrogens is 1150 g/mol. The minimum absolute atomic E-state index is 0.0563. The fourth-order valence-corrected chi connectivity index (χ4v) is 15.6. The van der Waals surface area contributed by atoms with Crippen molar-refractivity contribution in [1.29, 1.82) is 0 Å². The van der Waals surface area contributed by atoms with Gasteiger partial charge in [-0.05, 0) is 203 Å². The zero-order valence-corrected chi connectivity index (χ0v) is 58.9. The van der Waals surface area contributed by atoms with Gasteiger partial charge in [-0.3, -0.25) is 0 Å². The van der Waals surface area contributed by atoms with Crippen LogP contribution in [0, 0.1) is 0 Å². The number of nitrogens with zero attached hydrogens (tertiary/aromatic N) is 4. The van der Waals surface area contributed by atoms with Crippen molar-refractivity contribution < 1.29 is 0 Å². The standard InChI is InChI=1S/C90H87BN4/c1-85(2,3)61-31-35-67(36-32-61)94-75-47-60(84-92-73(58-41-63(87(7,8)9)49-64(42-58)88(10,11)12)51-74(93-84)59-43-65(89(13,14)15)50-66(44-59)90(16,17)18)48-76-81(75)91(71-45-56-27-25-52-21-19-23-54-29-39-69(82(71)94)79(56)77(52)54)72-46-57-28-26-53-22-20-24-55-30-40-70(80(57)78(53)55)83(72)95(76)68-37-33-62(34-38-68)86(4,5)6/h19-51H,1-18H3. The van der Waals surface area contributed by atoms with E-state index in [2.05, 4.69) is 335 Å². The van der Waals surface area contributed by atoms with Crippen molar-refractivity contribution >= 4 is 122 Å². The Labute approximate surface area is 562 Å². The topological polar surface area (TPSA) is 32.3 Å². The molecule has 1 aromatic heterocycles. The molecule has 2 aliphatic rings. The smallest absolute Gasteiger partial charge is 0.252 e. The Balaban J connectivity index is 1.09. The third kappa shape index (κ3) is 9.83. The number of anilines is 6. The molecule has 0 radical (unpaired) electrons. The number of benzene rings is 13. The highest BCUT2D eigenvalue weighted by Gasteiger charge is 2.46. The van der Waals surface area contributed by atoms with Gasteiger partial charge in [-0.1, -0.05) is 258 Å². The molecule has 5 heteroatoms. The van der Waals surface area contributed by atoms with Crippen LogP contribution in [-0.4, -0.2) is 16.7 Å². The molecule has 4 nitrogen and oxygen atoms in total. The van der Waals surface area contributed by atoms with Crippen LogP contribution in [0.3, 0.4) is 0 Å². The normalized spacial score (nSPS) is 13.9. The summed E-state index contributed by atoms with van der Waals surface area (Å²) in [5.74, 6) is 0.679. The van der Waals surface area contributed by atoms with Crippen LogP contribution in [0.1, 0.15) is 158 Å². The second-order valence-corrected chi connectivity index (χ2v) is 34.0. The van der Waals surface area contributed by atoms with E-state index < -0.39 is 0 Å². The molecule has 0 bridgehead atoms. The second kappa shape index (κ2) is 20.6. The summed E-state index contributed by atoms with van der Waals surface area (Å²) in [5, 5.41) is 15.2. The molecule has 0 saturated heterocycles. The van der Waals surface area contributed by atoms with Gasteiger partial charge in [-0.25, -0.2) is 9.97 Å². The first-order valence-electron chi connectivity index (χ1n) is 34.5. The third-order valence-corrected chi connectivity index (χ3v) is 21.2. The first kappa shape index (κ1) is 60.6. The van der Waals surface area contributed by atoms with E-state index in [9.17, 15) is 0 Å². The number of hydrogen-bond acceptors (Lipinski definition) is 4. The molecule has 0 amide bonds. The predicted octanol–water partition coefficient (Wildman–Crippen LogP) is 23.1. The van der Waals surface area contributed by atoms with Crippen LogP contribution < -0.4 is 26.2 Å². The molecule has 0 unspecified atom stereocenters. The minimum Gasteiger partial charge on any atom is -0.311 e. The molecular formula is C90H87BN4. The van der Waals surface area contributed by atoms with Crippen LogP contribution in [0.2, 0.25) is 0 Å². The number of rotatable bonds is 5. The zero-order chi connectivity index (χ0) is 66.5. The maximum Gasteiger partial charge on any atom is 0.252 e. The SMILES string of the molecule is CC(C)(C)c1ccc(N2c3cc(-c4nc(-c5cc(C(C)(C)C)cc(C(C)(C)C)c5)cc(-c5cc(C(C)(C)C)cc(C(C)(C)C)c5)n4)cc4c3B(c3cc5ccc6cccc7ccc(c32)c5c67)c2cc3ccc5cccc6ccc(c2N4c2ccc(C(C)(C)C)cc2)c3c56)cc1. The van der Waals surface area contributed by atoms with Gasteiger partial charge >= 0.3 is 0 Å². The summed E-state index contributed by atoms with van der Waals surface area (Å²) in [6.07, 6.45) is 0. The van der Waals surface area contributed by atoms with Gasteiger partial charge in [0.25, 0.3) is 6.71 Å². The Morgan fingerprint density at radius 2 is 0.611 bits per heavy atom. The highest BCUT2D eigenvalue weighted by Crippen LogP contribution is 2.53. The Kier molecular flexibility index (Phi) is 13.1. The summed E-state index contributed by atoms with van der Waals surface area (Å²) >= 11 is 0. The zero-order valence-electron chi connectivity index (χ0n) is 58.9. The van der Waals surface area contributed by atoms with Crippen LogP contribution in [0.4, 0.5) is 34.1 Å². The molecule has 2 aliphatic heterocycles. The first-order valence-corrected chi connectivity index (χ1v) is 34.5. The molecule has 0 spiro atoms. The molecule has 3 heterocycles. The maximum atomic E-state index is 5.97. The molecule has 16 rings (SSSR count). The van der Waals surface area contributed by atoms with Gasteiger partial charge in [0.1, 0.15) is 0 Å². The van der Waals surface area contributed by atoms with Crippen LogP contribution >= 0.6 is 0 Å². The van der Waals surface area contributed by atoms with Crippen LogP contribution in [0.25, 0.3) is 98.5 Å². The van der Waals surface area contributed by atoms with Crippen molar-refractivity contribution in [3.8, 4) is 33.9 Å². The summed E-state index contributed by atoms with van der Waals surface area (Å²) in [4.78, 5) is 17.2. The summed E-state index contributed by atoms with van der Waals surface area (Å²) in [7, 11) is 0. The van der Waals surface area contributed by atoms with Gasteiger partial charge in [0.15, 0.2) is 5.82 Å². The van der Waals surface area contributed by atoms with E-state index in [-0.39, 0.29) is 39.2 Å². The predicted molar refractivity (Wildman–Crippen MR) is 412 cm³/mol. The average Bonchev–Trinajstić information content (AvgIpc) is 0.678. The van der Waals surface area contributed by atoms with Crippen molar-refractivity contribution in [3.05, 3.63) is 234 Å². The van der Waals surface area contributed by atoms with E-state index in [0.717, 1.165) is 50.8 Å². The maximum absolute atomic E-state index is 5.97. The third-order valence-electron chi connectivity index (χ3n) is 21.2. The highest BCUT2D eigenvalue weighted by atomic mass is 15.2. The van der Waals surface area contributed by atoms with Crippen molar-refractivity contribution in [2.24, 2.45) is 0 Å². The molecule has 13 aromatic carbocycles. The van der Waals surface area contributed by atoms with Gasteiger partial charge in [0.2, 0.25) is 0 Å². The molecule has 470 valence electrons. The molecule has 0 atom stereocenters. The number of fused-ring (bicyclic) bond motifs is 6. The van der Waals surface area contributed by atoms with E-state index in [0.29, 0.717) is 5.82 Å². The van der Waals surface area contributed by atoms with E-state index in [1.807, 2.05) is 0 Å². The molecule has 0 aliphatic carbocycles. The van der Waals surface area contributed by atoms with Crippen molar-refractivity contribution in [2.45, 2.75) is 157 Å². The first-order chi connectivity index (χ1) is 44.8. The van der Waals surface area contributed by atoms with Gasteiger partial charge in [0.05, 0.1) is 11.4 Å². The Hall–Kier alpha value is -9.32. The Morgan fingerprint density at radius 1 is 0.284 bits per heavy atom. The largest absolute Gasteiger partial charge is 0.311 e. The van der Waals surface area contributed by atoms with E-state index >= 15 is 0 Å². The summed E-state index contributed by atoms with van der Waals surface area (Å²) < 4.78 is 0. The van der Waals surface area contributed by atoms with Crippen LogP contribution in [0.15, 0.2) is 200 Å². The number of aromatic nitrogens is 2. The van der Waals surface area contributed by atoms with Crippen molar-refractivity contribution in [1.82, 2.24) is 9.97 Å². The summed E-state index contributed by atoms with van der Waals surface area (Å²) in [6.45, 7) is 41.7. The van der Waals surface area contributed by atoms with Crippen molar-refractivity contribution in [3.63, 3.8) is 0 Å². The fourth-order valence-electron chi connectivity index (χ4n) is 15.6. The average molecular weight is 1240 g/mol. The lowest BCUT2D eigenvalue weighted by Gasteiger charge is -2.45. The van der Waals surface area contributed by atoms with Gasteiger partial charge < -0.3 is 9.80 Å². The van der Waals surface area contributed by atoms with Crippen LogP contribution in [-0.2, 0) is 32.5 Å². The van der Waals surface area contributed by atoms with E-state index in [1.165, 1.54) is 126 Å². The van der Waals surface area contributed by atoms with E-state index in [4.69, 9.17) is 9.97 Å². The molecule has 14 aromatic rings. The lowest BCUT2D eigenvalue weighted by atomic mass is 9.33.